The number of nitrogens with zero attached hydrogens (tertiary/aromatic N) is 2. The van der Waals surface area contributed by atoms with Gasteiger partial charge in [0.15, 0.2) is 0 Å². The minimum Gasteiger partial charge on any atom is -0.379 e. The lowest BCUT2D eigenvalue weighted by Gasteiger charge is -2.45. The molecule has 2 aromatic rings. The van der Waals surface area contributed by atoms with E-state index in [0.717, 1.165) is 30.2 Å². The number of benzene rings is 1. The Hall–Kier alpha value is -1.92. The molecule has 0 saturated carbocycles. The molecule has 1 amide bonds. The molecule has 2 fully saturated rings. The van der Waals surface area contributed by atoms with E-state index >= 15 is 0 Å². The Balaban J connectivity index is 1.66. The molecule has 0 spiro atoms. The number of carbonyl (C=O) groups is 1. The van der Waals surface area contributed by atoms with Crippen LogP contribution in [0.3, 0.4) is 0 Å². The standard InChI is InChI=1S/C28H35Cl2N3O2/c1-4-6-21-16-24(20-7-5-8-22(29)15-20)26(32-28(21)34)18(2)19(3)27(33-11-13-35-14-12-33)25-10-9-23(30)17-31-25/h4-5,7-10,15,17-19,21,24,26-27H,1,6,11-14,16H2,2-3H3,(H,32,34)/t18?,19?,21-,24+,26-,27?/m0/s1. The van der Waals surface area contributed by atoms with Gasteiger partial charge in [0.25, 0.3) is 0 Å². The van der Waals surface area contributed by atoms with Crippen LogP contribution in [0.1, 0.15) is 49.9 Å². The summed E-state index contributed by atoms with van der Waals surface area (Å²) in [5.41, 5.74) is 2.17. The van der Waals surface area contributed by atoms with Crippen molar-refractivity contribution in [3.63, 3.8) is 0 Å². The van der Waals surface area contributed by atoms with Crippen molar-refractivity contribution >= 4 is 29.1 Å². The molecule has 5 nitrogen and oxygen atoms in total. The number of halogens is 2. The first-order valence-electron chi connectivity index (χ1n) is 12.5. The van der Waals surface area contributed by atoms with Gasteiger partial charge in [-0.15, -0.1) is 6.58 Å². The average molecular weight is 517 g/mol. The Bertz CT molecular complexity index is 1010. The summed E-state index contributed by atoms with van der Waals surface area (Å²) in [5.74, 6) is 0.586. The molecular formula is C28H35Cl2N3O2. The molecule has 35 heavy (non-hydrogen) atoms. The van der Waals surface area contributed by atoms with E-state index in [1.807, 2.05) is 36.4 Å². The van der Waals surface area contributed by atoms with E-state index in [1.54, 1.807) is 6.20 Å². The topological polar surface area (TPSA) is 54.5 Å². The highest BCUT2D eigenvalue weighted by atomic mass is 35.5. The SMILES string of the molecule is C=CC[C@H]1C[C@H](c2cccc(Cl)c2)[C@H](C(C)C(C)C(c2ccc(Cl)cn2)N2CCOCC2)NC1=O. The van der Waals surface area contributed by atoms with E-state index in [-0.39, 0.29) is 41.7 Å². The van der Waals surface area contributed by atoms with Gasteiger partial charge in [0, 0.05) is 42.2 Å². The molecule has 0 bridgehead atoms. The van der Waals surface area contributed by atoms with E-state index < -0.39 is 0 Å². The number of hydrogen-bond acceptors (Lipinski definition) is 4. The highest BCUT2D eigenvalue weighted by molar-refractivity contribution is 6.30. The fourth-order valence-electron chi connectivity index (χ4n) is 5.75. The number of allylic oxidation sites excluding steroid dienone is 1. The number of amides is 1. The first-order valence-corrected chi connectivity index (χ1v) is 13.2. The van der Waals surface area contributed by atoms with E-state index in [1.165, 1.54) is 5.56 Å². The molecule has 1 aromatic heterocycles. The van der Waals surface area contributed by atoms with E-state index in [9.17, 15) is 4.79 Å². The van der Waals surface area contributed by atoms with Crippen molar-refractivity contribution in [2.24, 2.45) is 17.8 Å². The second-order valence-electron chi connectivity index (χ2n) is 9.87. The van der Waals surface area contributed by atoms with Gasteiger partial charge < -0.3 is 10.1 Å². The highest BCUT2D eigenvalue weighted by Crippen LogP contribution is 2.42. The van der Waals surface area contributed by atoms with E-state index in [4.69, 9.17) is 32.9 Å². The summed E-state index contributed by atoms with van der Waals surface area (Å²) in [6, 6.07) is 12.1. The van der Waals surface area contributed by atoms with Gasteiger partial charge in [0.1, 0.15) is 0 Å². The average Bonchev–Trinajstić information content (AvgIpc) is 2.86. The van der Waals surface area contributed by atoms with Gasteiger partial charge in [0.05, 0.1) is 30.0 Å². The predicted molar refractivity (Wildman–Crippen MR) is 142 cm³/mol. The van der Waals surface area contributed by atoms with Gasteiger partial charge in [-0.1, -0.05) is 55.3 Å². The van der Waals surface area contributed by atoms with Crippen LogP contribution in [0.2, 0.25) is 10.0 Å². The van der Waals surface area contributed by atoms with Gasteiger partial charge in [-0.25, -0.2) is 0 Å². The van der Waals surface area contributed by atoms with E-state index in [2.05, 4.69) is 36.7 Å². The smallest absolute Gasteiger partial charge is 0.223 e. The van der Waals surface area contributed by atoms with Gasteiger partial charge in [-0.2, -0.15) is 0 Å². The summed E-state index contributed by atoms with van der Waals surface area (Å²) in [6.45, 7) is 11.5. The normalized spacial score (nSPS) is 25.9. The number of rotatable bonds is 8. The Morgan fingerprint density at radius 3 is 2.63 bits per heavy atom. The summed E-state index contributed by atoms with van der Waals surface area (Å²) >= 11 is 12.5. The molecule has 4 rings (SSSR count). The van der Waals surface area contributed by atoms with Crippen LogP contribution in [0.15, 0.2) is 55.3 Å². The minimum atomic E-state index is -0.0804. The maximum Gasteiger partial charge on any atom is 0.223 e. The number of aromatic nitrogens is 1. The number of ether oxygens (including phenoxy) is 1. The van der Waals surface area contributed by atoms with Crippen LogP contribution < -0.4 is 5.32 Å². The van der Waals surface area contributed by atoms with Crippen LogP contribution >= 0.6 is 23.2 Å². The van der Waals surface area contributed by atoms with Gasteiger partial charge >= 0.3 is 0 Å². The quantitative estimate of drug-likeness (QED) is 0.444. The van der Waals surface area contributed by atoms with Crippen molar-refractivity contribution in [1.29, 1.82) is 0 Å². The van der Waals surface area contributed by atoms with Crippen molar-refractivity contribution in [3.05, 3.63) is 76.6 Å². The Labute approximate surface area is 218 Å². The van der Waals surface area contributed by atoms with Crippen molar-refractivity contribution in [3.8, 4) is 0 Å². The lowest BCUT2D eigenvalue weighted by molar-refractivity contribution is -0.129. The van der Waals surface area contributed by atoms with Crippen molar-refractivity contribution < 1.29 is 9.53 Å². The van der Waals surface area contributed by atoms with Gasteiger partial charge in [0.2, 0.25) is 5.91 Å². The molecule has 1 N–H and O–H groups in total. The third-order valence-corrected chi connectivity index (χ3v) is 8.22. The fourth-order valence-corrected chi connectivity index (χ4v) is 6.06. The Kier molecular flexibility index (Phi) is 8.87. The molecule has 188 valence electrons. The molecule has 2 saturated heterocycles. The molecule has 3 heterocycles. The molecule has 0 aliphatic carbocycles. The van der Waals surface area contributed by atoms with Crippen LogP contribution in [0.4, 0.5) is 0 Å². The first-order chi connectivity index (χ1) is 16.9. The summed E-state index contributed by atoms with van der Waals surface area (Å²) in [5, 5.41) is 4.75. The lowest BCUT2D eigenvalue weighted by atomic mass is 9.70. The molecular weight excluding hydrogens is 481 g/mol. The number of pyridine rings is 1. The fraction of sp³-hybridized carbons (Fsp3) is 0.500. The summed E-state index contributed by atoms with van der Waals surface area (Å²) < 4.78 is 5.64. The number of morpholine rings is 1. The molecule has 3 unspecified atom stereocenters. The third-order valence-electron chi connectivity index (χ3n) is 7.77. The van der Waals surface area contributed by atoms with Crippen molar-refractivity contribution in [2.75, 3.05) is 26.3 Å². The predicted octanol–water partition coefficient (Wildman–Crippen LogP) is 5.90. The third kappa shape index (κ3) is 6.08. The van der Waals surface area contributed by atoms with Crippen LogP contribution in [-0.4, -0.2) is 48.1 Å². The molecule has 2 aliphatic rings. The summed E-state index contributed by atoms with van der Waals surface area (Å²) in [7, 11) is 0. The highest BCUT2D eigenvalue weighted by Gasteiger charge is 2.42. The van der Waals surface area contributed by atoms with Crippen LogP contribution in [-0.2, 0) is 9.53 Å². The molecule has 7 heteroatoms. The van der Waals surface area contributed by atoms with Crippen molar-refractivity contribution in [1.82, 2.24) is 15.2 Å². The molecule has 2 aliphatic heterocycles. The van der Waals surface area contributed by atoms with Crippen LogP contribution in [0.25, 0.3) is 0 Å². The maximum atomic E-state index is 13.1. The number of hydrogen-bond donors (Lipinski definition) is 1. The summed E-state index contributed by atoms with van der Waals surface area (Å²) in [6.07, 6.45) is 5.01. The zero-order chi connectivity index (χ0) is 24.9. The number of piperidine rings is 1. The number of carbonyl (C=O) groups excluding carboxylic acids is 1. The first kappa shape index (κ1) is 26.2. The van der Waals surface area contributed by atoms with Crippen molar-refractivity contribution in [2.45, 2.75) is 44.7 Å². The Morgan fingerprint density at radius 1 is 1.20 bits per heavy atom. The monoisotopic (exact) mass is 515 g/mol. The summed E-state index contributed by atoms with van der Waals surface area (Å²) in [4.78, 5) is 20.3. The lowest BCUT2D eigenvalue weighted by Crippen LogP contribution is -2.54. The van der Waals surface area contributed by atoms with E-state index in [0.29, 0.717) is 24.7 Å². The second-order valence-corrected chi connectivity index (χ2v) is 10.7. The molecule has 0 radical (unpaired) electrons. The zero-order valence-electron chi connectivity index (χ0n) is 20.5. The Morgan fingerprint density at radius 2 is 1.97 bits per heavy atom. The largest absolute Gasteiger partial charge is 0.379 e. The second kappa shape index (κ2) is 11.9. The zero-order valence-corrected chi connectivity index (χ0v) is 22.0. The minimum absolute atomic E-state index is 0.0205. The van der Waals surface area contributed by atoms with Gasteiger partial charge in [-0.3, -0.25) is 14.7 Å². The van der Waals surface area contributed by atoms with Gasteiger partial charge in [-0.05, 0) is 54.5 Å². The number of nitrogens with one attached hydrogen (secondary N) is 1. The molecule has 1 aromatic carbocycles. The van der Waals surface area contributed by atoms with Crippen LogP contribution in [0.5, 0.6) is 0 Å². The maximum absolute atomic E-state index is 13.1. The van der Waals surface area contributed by atoms with Crippen LogP contribution in [0, 0.1) is 17.8 Å². The molecule has 6 atom stereocenters.